The molecule has 0 amide bonds. The van der Waals surface area contributed by atoms with Crippen LogP contribution in [0.15, 0.2) is 158 Å². The van der Waals surface area contributed by atoms with Crippen molar-refractivity contribution in [2.24, 2.45) is 0 Å². The number of ether oxygens (including phenoxy) is 3. The molecule has 1 atom stereocenters. The van der Waals surface area contributed by atoms with Gasteiger partial charge in [-0.05, 0) is 148 Å². The molecule has 0 heterocycles. The predicted octanol–water partition coefficient (Wildman–Crippen LogP) is 23.3. The van der Waals surface area contributed by atoms with Crippen molar-refractivity contribution in [2.45, 2.75) is 290 Å². The second-order valence-corrected chi connectivity index (χ2v) is 21.6. The van der Waals surface area contributed by atoms with Crippen LogP contribution in [0.25, 0.3) is 0 Å². The molecule has 0 aromatic heterocycles. The summed E-state index contributed by atoms with van der Waals surface area (Å²) in [6.45, 7) is 6.36. The molecule has 0 aromatic carbocycles. The quantitative estimate of drug-likeness (QED) is 0.0261. The molecule has 82 heavy (non-hydrogen) atoms. The first-order chi connectivity index (χ1) is 40.5. The molecule has 0 saturated heterocycles. The molecule has 0 rings (SSSR count). The Kier molecular flexibility index (Phi) is 64.4. The Hall–Kier alpha value is -4.97. The van der Waals surface area contributed by atoms with Crippen molar-refractivity contribution in [1.82, 2.24) is 0 Å². The summed E-state index contributed by atoms with van der Waals surface area (Å²) < 4.78 is 16.9. The van der Waals surface area contributed by atoms with Crippen LogP contribution in [0.3, 0.4) is 0 Å². The monoisotopic (exact) mass is 1130 g/mol. The van der Waals surface area contributed by atoms with Crippen LogP contribution in [0, 0.1) is 0 Å². The first-order valence-corrected chi connectivity index (χ1v) is 33.5. The van der Waals surface area contributed by atoms with E-state index in [4.69, 9.17) is 14.2 Å². The van der Waals surface area contributed by atoms with Crippen LogP contribution in [-0.4, -0.2) is 37.2 Å². The molecule has 0 aromatic rings. The molecule has 0 saturated carbocycles. The predicted molar refractivity (Wildman–Crippen MR) is 357 cm³/mol. The van der Waals surface area contributed by atoms with Gasteiger partial charge in [-0.1, -0.05) is 275 Å². The van der Waals surface area contributed by atoms with Gasteiger partial charge < -0.3 is 14.2 Å². The van der Waals surface area contributed by atoms with Crippen molar-refractivity contribution < 1.29 is 28.6 Å². The molecule has 462 valence electrons. The molecule has 0 aliphatic heterocycles. The number of carbonyl (C=O) groups excluding carboxylic acids is 3. The van der Waals surface area contributed by atoms with Crippen LogP contribution in [0.2, 0.25) is 0 Å². The van der Waals surface area contributed by atoms with Gasteiger partial charge in [0.05, 0.1) is 0 Å². The number of hydrogen-bond donors (Lipinski definition) is 0. The largest absolute Gasteiger partial charge is 0.462 e. The number of esters is 3. The fourth-order valence-corrected chi connectivity index (χ4v) is 8.80. The van der Waals surface area contributed by atoms with Crippen molar-refractivity contribution in [3.05, 3.63) is 158 Å². The minimum atomic E-state index is -0.806. The Morgan fingerprint density at radius 1 is 0.256 bits per heavy atom. The molecule has 0 spiro atoms. The second kappa shape index (κ2) is 68.5. The van der Waals surface area contributed by atoms with Crippen LogP contribution >= 0.6 is 0 Å². The average Bonchev–Trinajstić information content (AvgIpc) is 3.47. The van der Waals surface area contributed by atoms with Gasteiger partial charge in [0.2, 0.25) is 0 Å². The average molecular weight is 1130 g/mol. The van der Waals surface area contributed by atoms with Crippen molar-refractivity contribution >= 4 is 17.9 Å². The second-order valence-electron chi connectivity index (χ2n) is 21.6. The summed E-state index contributed by atoms with van der Waals surface area (Å²) in [5.74, 6) is -0.946. The number of allylic oxidation sites excluding steroid dienone is 26. The zero-order valence-corrected chi connectivity index (χ0v) is 52.9. The molecular weight excluding hydrogens is 1010 g/mol. The Bertz CT molecular complexity index is 1830. The van der Waals surface area contributed by atoms with E-state index >= 15 is 0 Å². The maximum Gasteiger partial charge on any atom is 0.306 e. The third-order valence-corrected chi connectivity index (χ3v) is 13.7. The van der Waals surface area contributed by atoms with Gasteiger partial charge in [0.25, 0.3) is 0 Å². The lowest BCUT2D eigenvalue weighted by Gasteiger charge is -2.18. The molecule has 1 unspecified atom stereocenters. The van der Waals surface area contributed by atoms with Gasteiger partial charge in [0, 0.05) is 19.3 Å². The van der Waals surface area contributed by atoms with Gasteiger partial charge in [-0.3, -0.25) is 14.4 Å². The Morgan fingerprint density at radius 3 is 0.756 bits per heavy atom. The maximum absolute atomic E-state index is 12.9. The van der Waals surface area contributed by atoms with Gasteiger partial charge in [-0.25, -0.2) is 0 Å². The summed E-state index contributed by atoms with van der Waals surface area (Å²) in [4.78, 5) is 38.3. The maximum atomic E-state index is 12.9. The summed E-state index contributed by atoms with van der Waals surface area (Å²) in [6.07, 6.45) is 99.7. The standard InChI is InChI=1S/C76H122O6/c1-4-7-10-13-16-19-22-25-27-29-31-32-33-34-35-36-37-38-39-40-41-42-43-44-45-47-48-51-54-57-60-63-66-69-75(78)81-72-73(71-80-74(77)68-65-62-59-56-53-50-24-21-18-15-12-9-6-3)82-76(79)70-67-64-61-58-55-52-49-46-30-28-26-23-20-17-14-11-8-5-2/h7,9-10,12,16,18-21,23,25,27-28,30-32,34-35,37-38,40-41,43-44,50,53,73H,4-6,8,11,13-15,17,22,24,26,29,33,36,39,42,45-49,51-52,54-72H2,1-3H3/b10-7-,12-9-,19-16-,21-18-,23-20-,27-25-,30-28-,32-31-,35-34-,38-37-,41-40-,44-43-,53-50-. The van der Waals surface area contributed by atoms with E-state index in [1.54, 1.807) is 0 Å². The molecule has 6 heteroatoms. The lowest BCUT2D eigenvalue weighted by Crippen LogP contribution is -2.30. The Labute approximate surface area is 505 Å². The first-order valence-electron chi connectivity index (χ1n) is 33.5. The van der Waals surface area contributed by atoms with Crippen molar-refractivity contribution in [3.8, 4) is 0 Å². The van der Waals surface area contributed by atoms with Crippen LogP contribution in [0.1, 0.15) is 284 Å². The fourth-order valence-electron chi connectivity index (χ4n) is 8.80. The van der Waals surface area contributed by atoms with Crippen LogP contribution in [0.5, 0.6) is 0 Å². The summed E-state index contributed by atoms with van der Waals surface area (Å²) in [5, 5.41) is 0. The zero-order valence-electron chi connectivity index (χ0n) is 52.9. The van der Waals surface area contributed by atoms with E-state index in [1.807, 2.05) is 0 Å². The molecule has 0 bridgehead atoms. The molecule has 0 fully saturated rings. The molecule has 6 nitrogen and oxygen atoms in total. The van der Waals surface area contributed by atoms with Crippen molar-refractivity contribution in [2.75, 3.05) is 13.2 Å². The molecule has 0 radical (unpaired) electrons. The van der Waals surface area contributed by atoms with E-state index < -0.39 is 6.10 Å². The van der Waals surface area contributed by atoms with Gasteiger partial charge in [0.1, 0.15) is 13.2 Å². The first kappa shape index (κ1) is 77.0. The summed E-state index contributed by atoms with van der Waals surface area (Å²) >= 11 is 0. The number of carbonyl (C=O) groups is 3. The molecule has 0 N–H and O–H groups in total. The Morgan fingerprint density at radius 2 is 0.476 bits per heavy atom. The highest BCUT2D eigenvalue weighted by atomic mass is 16.6. The highest BCUT2D eigenvalue weighted by Crippen LogP contribution is 2.15. The van der Waals surface area contributed by atoms with E-state index in [0.29, 0.717) is 19.3 Å². The van der Waals surface area contributed by atoms with E-state index in [9.17, 15) is 14.4 Å². The topological polar surface area (TPSA) is 78.9 Å². The van der Waals surface area contributed by atoms with E-state index in [2.05, 4.69) is 179 Å². The van der Waals surface area contributed by atoms with Gasteiger partial charge in [0.15, 0.2) is 6.10 Å². The fraction of sp³-hybridized carbons (Fsp3) is 0.618. The SMILES string of the molecule is CC/C=C\C/C=C\C/C=C\C/C=C\C/C=C\C/C=C\C/C=C\C/C=C\CCCCCCCCCCC(=O)OCC(COC(=O)CCCCC/C=C\C/C=C\C/C=C\CC)OC(=O)CCCCCCCCC/C=C\C/C=C\CCCCCC. The third kappa shape index (κ3) is 65.8. The van der Waals surface area contributed by atoms with Crippen LogP contribution in [-0.2, 0) is 28.6 Å². The number of hydrogen-bond acceptors (Lipinski definition) is 6. The molecular formula is C76H122O6. The minimum Gasteiger partial charge on any atom is -0.462 e. The normalized spacial score (nSPS) is 13.2. The lowest BCUT2D eigenvalue weighted by molar-refractivity contribution is -0.167. The summed E-state index contributed by atoms with van der Waals surface area (Å²) in [5.41, 5.74) is 0. The van der Waals surface area contributed by atoms with Gasteiger partial charge >= 0.3 is 17.9 Å². The number of rotatable bonds is 59. The highest BCUT2D eigenvalue weighted by Gasteiger charge is 2.19. The van der Waals surface area contributed by atoms with Gasteiger partial charge in [-0.15, -0.1) is 0 Å². The van der Waals surface area contributed by atoms with Gasteiger partial charge in [-0.2, -0.15) is 0 Å². The smallest absolute Gasteiger partial charge is 0.306 e. The third-order valence-electron chi connectivity index (χ3n) is 13.7. The van der Waals surface area contributed by atoms with Crippen LogP contribution in [0.4, 0.5) is 0 Å². The molecule has 0 aliphatic rings. The van der Waals surface area contributed by atoms with E-state index in [1.165, 1.54) is 89.9 Å². The van der Waals surface area contributed by atoms with Crippen molar-refractivity contribution in [1.29, 1.82) is 0 Å². The van der Waals surface area contributed by atoms with Crippen LogP contribution < -0.4 is 0 Å². The summed E-state index contributed by atoms with van der Waals surface area (Å²) in [6, 6.07) is 0. The Balaban J connectivity index is 4.33. The minimum absolute atomic E-state index is 0.100. The number of unbranched alkanes of at least 4 members (excludes halogenated alkanes) is 22. The van der Waals surface area contributed by atoms with E-state index in [-0.39, 0.29) is 31.1 Å². The zero-order chi connectivity index (χ0) is 59.2. The lowest BCUT2D eigenvalue weighted by atomic mass is 10.1. The highest BCUT2D eigenvalue weighted by molar-refractivity contribution is 5.71. The van der Waals surface area contributed by atoms with Crippen molar-refractivity contribution in [3.63, 3.8) is 0 Å². The molecule has 0 aliphatic carbocycles. The summed E-state index contributed by atoms with van der Waals surface area (Å²) in [7, 11) is 0. The van der Waals surface area contributed by atoms with E-state index in [0.717, 1.165) is 154 Å².